The molecule has 2 rings (SSSR count). The highest BCUT2D eigenvalue weighted by Crippen LogP contribution is 2.27. The summed E-state index contributed by atoms with van der Waals surface area (Å²) in [6, 6.07) is 0.0280. The van der Waals surface area contributed by atoms with E-state index in [0.717, 1.165) is 13.0 Å². The summed E-state index contributed by atoms with van der Waals surface area (Å²) in [7, 11) is 0. The lowest BCUT2D eigenvalue weighted by molar-refractivity contribution is -0.0309. The fraction of sp³-hybridized carbons (Fsp3) is 1.00. The fourth-order valence-corrected chi connectivity index (χ4v) is 1.91. The lowest BCUT2D eigenvalue weighted by Gasteiger charge is -2.15. The second-order valence-corrected chi connectivity index (χ2v) is 3.67. The van der Waals surface area contributed by atoms with Crippen molar-refractivity contribution < 1.29 is 14.2 Å². The van der Waals surface area contributed by atoms with Gasteiger partial charge in [0.25, 0.3) is 0 Å². The SMILES string of the molecule is CCCOC1COC2C(N)COC12. The molecule has 2 N–H and O–H groups in total. The van der Waals surface area contributed by atoms with Crippen LogP contribution in [-0.4, -0.2) is 44.2 Å². The van der Waals surface area contributed by atoms with Gasteiger partial charge in [-0.25, -0.2) is 0 Å². The van der Waals surface area contributed by atoms with Gasteiger partial charge in [0.1, 0.15) is 18.3 Å². The summed E-state index contributed by atoms with van der Waals surface area (Å²) < 4.78 is 16.7. The monoisotopic (exact) mass is 187 g/mol. The maximum absolute atomic E-state index is 5.81. The molecule has 0 aromatic heterocycles. The van der Waals surface area contributed by atoms with Crippen LogP contribution in [0, 0.1) is 0 Å². The van der Waals surface area contributed by atoms with E-state index >= 15 is 0 Å². The number of nitrogens with two attached hydrogens (primary N) is 1. The van der Waals surface area contributed by atoms with Gasteiger partial charge in [0.05, 0.1) is 19.3 Å². The maximum Gasteiger partial charge on any atom is 0.114 e. The van der Waals surface area contributed by atoms with E-state index in [1.165, 1.54) is 0 Å². The number of ether oxygens (including phenoxy) is 3. The van der Waals surface area contributed by atoms with Crippen molar-refractivity contribution in [3.05, 3.63) is 0 Å². The topological polar surface area (TPSA) is 53.7 Å². The van der Waals surface area contributed by atoms with Gasteiger partial charge in [-0.3, -0.25) is 0 Å². The summed E-state index contributed by atoms with van der Waals surface area (Å²) >= 11 is 0. The van der Waals surface area contributed by atoms with Crippen LogP contribution in [0.3, 0.4) is 0 Å². The average Bonchev–Trinajstić information content (AvgIpc) is 2.67. The molecule has 0 radical (unpaired) electrons. The zero-order valence-corrected chi connectivity index (χ0v) is 7.94. The molecule has 76 valence electrons. The van der Waals surface area contributed by atoms with Crippen LogP contribution in [0.2, 0.25) is 0 Å². The maximum atomic E-state index is 5.81. The standard InChI is InChI=1S/C9H17NO3/c1-2-3-11-7-5-13-8-6(10)4-12-9(7)8/h6-9H,2-5,10H2,1H3. The van der Waals surface area contributed by atoms with Gasteiger partial charge in [0.15, 0.2) is 0 Å². The van der Waals surface area contributed by atoms with Gasteiger partial charge < -0.3 is 19.9 Å². The van der Waals surface area contributed by atoms with Gasteiger partial charge in [-0.15, -0.1) is 0 Å². The third kappa shape index (κ3) is 1.72. The number of rotatable bonds is 3. The van der Waals surface area contributed by atoms with Gasteiger partial charge >= 0.3 is 0 Å². The Morgan fingerprint density at radius 3 is 2.85 bits per heavy atom. The second-order valence-electron chi connectivity index (χ2n) is 3.67. The molecule has 4 heteroatoms. The second kappa shape index (κ2) is 3.92. The van der Waals surface area contributed by atoms with Crippen LogP contribution in [0.1, 0.15) is 13.3 Å². The van der Waals surface area contributed by atoms with E-state index in [0.29, 0.717) is 13.2 Å². The van der Waals surface area contributed by atoms with Crippen molar-refractivity contribution in [2.24, 2.45) is 5.73 Å². The number of hydrogen-bond acceptors (Lipinski definition) is 4. The Bertz CT molecular complexity index is 176. The van der Waals surface area contributed by atoms with E-state index in [2.05, 4.69) is 6.92 Å². The van der Waals surface area contributed by atoms with Crippen molar-refractivity contribution in [1.29, 1.82) is 0 Å². The largest absolute Gasteiger partial charge is 0.373 e. The molecule has 13 heavy (non-hydrogen) atoms. The van der Waals surface area contributed by atoms with Crippen molar-refractivity contribution >= 4 is 0 Å². The summed E-state index contributed by atoms with van der Waals surface area (Å²) in [5, 5.41) is 0. The predicted octanol–water partition coefficient (Wildman–Crippen LogP) is -0.0935. The Kier molecular flexibility index (Phi) is 2.83. The highest BCUT2D eigenvalue weighted by Gasteiger charge is 2.46. The molecular weight excluding hydrogens is 170 g/mol. The van der Waals surface area contributed by atoms with Crippen molar-refractivity contribution in [3.8, 4) is 0 Å². The first kappa shape index (κ1) is 9.40. The molecule has 2 fully saturated rings. The fourth-order valence-electron chi connectivity index (χ4n) is 1.91. The van der Waals surface area contributed by atoms with Gasteiger partial charge in [-0.1, -0.05) is 6.92 Å². The summed E-state index contributed by atoms with van der Waals surface area (Å²) in [6.45, 7) is 4.09. The molecule has 0 bridgehead atoms. The highest BCUT2D eigenvalue weighted by atomic mass is 16.6. The summed E-state index contributed by atoms with van der Waals surface area (Å²) in [4.78, 5) is 0. The minimum Gasteiger partial charge on any atom is -0.373 e. The van der Waals surface area contributed by atoms with Crippen LogP contribution >= 0.6 is 0 Å². The Balaban J connectivity index is 1.87. The molecular formula is C9H17NO3. The Morgan fingerprint density at radius 1 is 1.31 bits per heavy atom. The van der Waals surface area contributed by atoms with Crippen LogP contribution < -0.4 is 5.73 Å². The van der Waals surface area contributed by atoms with E-state index in [4.69, 9.17) is 19.9 Å². The molecule has 4 unspecified atom stereocenters. The van der Waals surface area contributed by atoms with Crippen molar-refractivity contribution in [2.75, 3.05) is 19.8 Å². The Morgan fingerprint density at radius 2 is 2.08 bits per heavy atom. The predicted molar refractivity (Wildman–Crippen MR) is 47.5 cm³/mol. The molecule has 0 spiro atoms. The first-order valence-electron chi connectivity index (χ1n) is 4.93. The summed E-state index contributed by atoms with van der Waals surface area (Å²) in [6.07, 6.45) is 1.25. The van der Waals surface area contributed by atoms with E-state index in [-0.39, 0.29) is 24.4 Å². The van der Waals surface area contributed by atoms with Crippen molar-refractivity contribution in [2.45, 2.75) is 37.7 Å². The van der Waals surface area contributed by atoms with Crippen LogP contribution in [0.4, 0.5) is 0 Å². The molecule has 2 saturated heterocycles. The summed E-state index contributed by atoms with van der Waals surface area (Å²) in [5.41, 5.74) is 5.81. The van der Waals surface area contributed by atoms with Crippen LogP contribution in [0.5, 0.6) is 0 Å². The minimum atomic E-state index is 0.0280. The molecule has 4 nitrogen and oxygen atoms in total. The van der Waals surface area contributed by atoms with E-state index in [1.807, 2.05) is 0 Å². The Labute approximate surface area is 78.3 Å². The molecule has 4 atom stereocenters. The molecule has 2 heterocycles. The van der Waals surface area contributed by atoms with Crippen LogP contribution in [0.25, 0.3) is 0 Å². The van der Waals surface area contributed by atoms with E-state index in [1.54, 1.807) is 0 Å². The average molecular weight is 187 g/mol. The number of fused-ring (bicyclic) bond motifs is 1. The normalized spacial score (nSPS) is 43.8. The van der Waals surface area contributed by atoms with E-state index < -0.39 is 0 Å². The molecule has 2 aliphatic heterocycles. The van der Waals surface area contributed by atoms with Gasteiger partial charge in [-0.2, -0.15) is 0 Å². The lowest BCUT2D eigenvalue weighted by atomic mass is 10.1. The Hall–Kier alpha value is -0.160. The number of hydrogen-bond donors (Lipinski definition) is 1. The highest BCUT2D eigenvalue weighted by molar-refractivity contribution is 4.96. The van der Waals surface area contributed by atoms with E-state index in [9.17, 15) is 0 Å². The first-order valence-corrected chi connectivity index (χ1v) is 4.93. The van der Waals surface area contributed by atoms with Crippen LogP contribution in [-0.2, 0) is 14.2 Å². The first-order chi connectivity index (χ1) is 6.33. The molecule has 0 aliphatic carbocycles. The zero-order valence-electron chi connectivity index (χ0n) is 7.94. The smallest absolute Gasteiger partial charge is 0.114 e. The molecule has 0 amide bonds. The molecule has 0 saturated carbocycles. The van der Waals surface area contributed by atoms with Gasteiger partial charge in [-0.05, 0) is 6.42 Å². The lowest BCUT2D eigenvalue weighted by Crippen LogP contribution is -2.37. The zero-order chi connectivity index (χ0) is 9.26. The van der Waals surface area contributed by atoms with Crippen molar-refractivity contribution in [3.63, 3.8) is 0 Å². The molecule has 0 aromatic rings. The molecule has 2 aliphatic rings. The third-order valence-corrected chi connectivity index (χ3v) is 2.58. The van der Waals surface area contributed by atoms with Gasteiger partial charge in [0, 0.05) is 6.61 Å². The summed E-state index contributed by atoms with van der Waals surface area (Å²) in [5.74, 6) is 0. The van der Waals surface area contributed by atoms with Crippen molar-refractivity contribution in [1.82, 2.24) is 0 Å². The quantitative estimate of drug-likeness (QED) is 0.670. The third-order valence-electron chi connectivity index (χ3n) is 2.58. The molecule has 0 aromatic carbocycles. The van der Waals surface area contributed by atoms with Crippen LogP contribution in [0.15, 0.2) is 0 Å². The van der Waals surface area contributed by atoms with Gasteiger partial charge in [0.2, 0.25) is 0 Å². The minimum absolute atomic E-state index is 0.0280.